The van der Waals surface area contributed by atoms with Crippen molar-refractivity contribution >= 4 is 38.8 Å². The Morgan fingerprint density at radius 2 is 1.88 bits per heavy atom. The predicted octanol–water partition coefficient (Wildman–Crippen LogP) is 2.22. The molecule has 10 nitrogen and oxygen atoms in total. The molecule has 0 radical (unpaired) electrons. The van der Waals surface area contributed by atoms with E-state index in [0.717, 1.165) is 29.6 Å². The average Bonchev–Trinajstić information content (AvgIpc) is 3.12. The van der Waals surface area contributed by atoms with Crippen LogP contribution < -0.4 is 10.0 Å². The van der Waals surface area contributed by atoms with Crippen LogP contribution in [0.5, 0.6) is 0 Å². The normalized spacial score (nSPS) is 13.5. The lowest BCUT2D eigenvalue weighted by molar-refractivity contribution is -0.192. The number of rotatable bonds is 3. The van der Waals surface area contributed by atoms with Gasteiger partial charge in [0.2, 0.25) is 10.0 Å². The molecule has 0 aliphatic carbocycles. The highest BCUT2D eigenvalue weighted by molar-refractivity contribution is 7.92. The highest BCUT2D eigenvalue weighted by atomic mass is 32.2. The van der Waals surface area contributed by atoms with Gasteiger partial charge in [-0.05, 0) is 19.1 Å². The molecule has 0 bridgehead atoms. The minimum atomic E-state index is -5.08. The molecule has 33 heavy (non-hydrogen) atoms. The number of para-hydroxylation sites is 1. The van der Waals surface area contributed by atoms with E-state index < -0.39 is 22.2 Å². The predicted molar refractivity (Wildman–Crippen MR) is 112 cm³/mol. The van der Waals surface area contributed by atoms with Crippen LogP contribution >= 0.6 is 0 Å². The Balaban J connectivity index is 0.000000383. The number of halogens is 3. The lowest BCUT2D eigenvalue weighted by atomic mass is 10.1. The first-order valence-electron chi connectivity index (χ1n) is 9.32. The molecule has 1 aromatic carbocycles. The van der Waals surface area contributed by atoms with Gasteiger partial charge < -0.3 is 15.4 Å². The summed E-state index contributed by atoms with van der Waals surface area (Å²) in [6, 6.07) is 7.34. The van der Waals surface area contributed by atoms with E-state index in [9.17, 15) is 26.4 Å². The summed E-state index contributed by atoms with van der Waals surface area (Å²) in [6.07, 6.45) is -3.28. The first kappa shape index (κ1) is 24.0. The van der Waals surface area contributed by atoms with Crippen molar-refractivity contribution in [2.45, 2.75) is 19.5 Å². The summed E-state index contributed by atoms with van der Waals surface area (Å²) in [5.74, 6) is -2.66. The second kappa shape index (κ2) is 8.69. The van der Waals surface area contributed by atoms with Crippen LogP contribution in [0.4, 0.5) is 19.0 Å². The summed E-state index contributed by atoms with van der Waals surface area (Å²) in [5.41, 5.74) is 4.72. The maximum absolute atomic E-state index is 12.0. The number of alkyl halides is 3. The Morgan fingerprint density at radius 1 is 1.21 bits per heavy atom. The number of nitrogens with one attached hydrogen (secondary N) is 3. The Hall–Kier alpha value is -3.68. The van der Waals surface area contributed by atoms with E-state index in [1.165, 1.54) is 0 Å². The van der Waals surface area contributed by atoms with Gasteiger partial charge in [0.1, 0.15) is 5.52 Å². The number of benzene rings is 1. The van der Waals surface area contributed by atoms with E-state index >= 15 is 0 Å². The van der Waals surface area contributed by atoms with Crippen LogP contribution in [0.25, 0.3) is 22.3 Å². The van der Waals surface area contributed by atoms with Crippen molar-refractivity contribution in [2.24, 2.45) is 0 Å². The number of carbonyl (C=O) groups is 2. The molecular formula is C19H18F3N5O5S. The summed E-state index contributed by atoms with van der Waals surface area (Å²) >= 11 is 0. The molecule has 0 saturated carbocycles. The summed E-state index contributed by atoms with van der Waals surface area (Å²) in [4.78, 5) is 33.1. The second-order valence-corrected chi connectivity index (χ2v) is 8.84. The zero-order valence-corrected chi connectivity index (χ0v) is 18.1. The molecule has 0 spiro atoms. The molecule has 4 rings (SSSR count). The van der Waals surface area contributed by atoms with Gasteiger partial charge in [0.05, 0.1) is 23.0 Å². The third-order valence-corrected chi connectivity index (χ3v) is 5.05. The van der Waals surface area contributed by atoms with Gasteiger partial charge in [-0.15, -0.1) is 0 Å². The minimum absolute atomic E-state index is 0.102. The number of sulfonamides is 1. The number of hydrogen-bond donors (Lipinski definition) is 4. The van der Waals surface area contributed by atoms with Crippen LogP contribution in [-0.2, 0) is 21.2 Å². The SMILES string of the molecule is Cc1nc2cccc(-c3cc4c([nH]3)CCNC4=O)c2nc1NS(C)(=O)=O.O=C(O)C(F)(F)F. The number of carboxylic acid groups (broad SMARTS) is 1. The number of carbonyl (C=O) groups excluding carboxylic acids is 1. The Morgan fingerprint density at radius 3 is 2.45 bits per heavy atom. The highest BCUT2D eigenvalue weighted by Crippen LogP contribution is 2.30. The lowest BCUT2D eigenvalue weighted by Crippen LogP contribution is -2.31. The number of hydrogen-bond acceptors (Lipinski definition) is 6. The molecule has 0 fully saturated rings. The van der Waals surface area contributed by atoms with Gasteiger partial charge in [-0.3, -0.25) is 9.52 Å². The number of carboxylic acids is 1. The Kier molecular flexibility index (Phi) is 6.31. The van der Waals surface area contributed by atoms with Gasteiger partial charge in [0.15, 0.2) is 5.82 Å². The summed E-state index contributed by atoms with van der Waals surface area (Å²) in [5, 5.41) is 9.94. The van der Waals surface area contributed by atoms with Crippen LogP contribution in [0, 0.1) is 6.92 Å². The molecule has 0 saturated heterocycles. The number of aromatic nitrogens is 3. The second-order valence-electron chi connectivity index (χ2n) is 7.09. The van der Waals surface area contributed by atoms with Crippen LogP contribution in [-0.4, -0.2) is 59.3 Å². The number of aryl methyl sites for hydroxylation is 1. The molecule has 3 aromatic rings. The fourth-order valence-corrected chi connectivity index (χ4v) is 3.64. The number of nitrogens with zero attached hydrogens (tertiary/aromatic N) is 2. The molecule has 1 aliphatic rings. The van der Waals surface area contributed by atoms with E-state index in [1.54, 1.807) is 13.0 Å². The molecule has 4 N–H and O–H groups in total. The van der Waals surface area contributed by atoms with Gasteiger partial charge in [-0.25, -0.2) is 23.2 Å². The molecule has 176 valence electrons. The van der Waals surface area contributed by atoms with Gasteiger partial charge in [0, 0.05) is 29.9 Å². The number of fused-ring (bicyclic) bond motifs is 2. The Bertz CT molecular complexity index is 1350. The Labute approximate surface area is 185 Å². The van der Waals surface area contributed by atoms with Gasteiger partial charge in [-0.2, -0.15) is 13.2 Å². The zero-order valence-electron chi connectivity index (χ0n) is 17.2. The first-order chi connectivity index (χ1) is 15.3. The van der Waals surface area contributed by atoms with Crippen LogP contribution in [0.15, 0.2) is 24.3 Å². The molecule has 1 aliphatic heterocycles. The molecule has 3 heterocycles. The van der Waals surface area contributed by atoms with E-state index in [1.807, 2.05) is 18.2 Å². The number of H-pyrrole nitrogens is 1. The van der Waals surface area contributed by atoms with Crippen molar-refractivity contribution in [2.75, 3.05) is 17.5 Å². The maximum atomic E-state index is 12.0. The van der Waals surface area contributed by atoms with Crippen molar-refractivity contribution in [1.29, 1.82) is 0 Å². The summed E-state index contributed by atoms with van der Waals surface area (Å²) < 4.78 is 57.3. The summed E-state index contributed by atoms with van der Waals surface area (Å²) in [6.45, 7) is 2.30. The highest BCUT2D eigenvalue weighted by Gasteiger charge is 2.38. The first-order valence-corrected chi connectivity index (χ1v) is 11.2. The molecule has 2 aromatic heterocycles. The lowest BCUT2D eigenvalue weighted by Gasteiger charge is -2.11. The number of aliphatic carboxylic acids is 1. The molecule has 0 atom stereocenters. The van der Waals surface area contributed by atoms with E-state index in [0.29, 0.717) is 28.8 Å². The molecule has 1 amide bonds. The van der Waals surface area contributed by atoms with Crippen LogP contribution in [0.3, 0.4) is 0 Å². The topological polar surface area (TPSA) is 154 Å². The number of aromatic amines is 1. The molecular weight excluding hydrogens is 467 g/mol. The molecule has 14 heteroatoms. The fraction of sp³-hybridized carbons (Fsp3) is 0.263. The van der Waals surface area contributed by atoms with Crippen LogP contribution in [0.2, 0.25) is 0 Å². The average molecular weight is 485 g/mol. The van der Waals surface area contributed by atoms with Crippen molar-refractivity contribution in [3.8, 4) is 11.3 Å². The van der Waals surface area contributed by atoms with Crippen LogP contribution in [0.1, 0.15) is 21.7 Å². The standard InChI is InChI=1S/C17H17N5O3S.C2HF3O2/c1-9-16(22-26(2,24)25)21-15-10(4-3-5-13(15)19-9)14-8-11-12(20-14)6-7-18-17(11)23;3-2(4,5)1(6)7/h3-5,8,20H,6-7H2,1-2H3,(H,18,23)(H,21,22);(H,6,7). The van der Waals surface area contributed by atoms with E-state index in [4.69, 9.17) is 9.90 Å². The van der Waals surface area contributed by atoms with E-state index in [2.05, 4.69) is 25.0 Å². The van der Waals surface area contributed by atoms with Gasteiger partial charge in [0.25, 0.3) is 5.91 Å². The largest absolute Gasteiger partial charge is 0.490 e. The minimum Gasteiger partial charge on any atom is -0.475 e. The molecule has 0 unspecified atom stereocenters. The van der Waals surface area contributed by atoms with Gasteiger partial charge in [-0.1, -0.05) is 12.1 Å². The third-order valence-electron chi connectivity index (χ3n) is 4.49. The number of amides is 1. The van der Waals surface area contributed by atoms with Crippen molar-refractivity contribution in [1.82, 2.24) is 20.3 Å². The number of anilines is 1. The van der Waals surface area contributed by atoms with E-state index in [-0.39, 0.29) is 11.7 Å². The summed E-state index contributed by atoms with van der Waals surface area (Å²) in [7, 11) is -3.47. The fourth-order valence-electron chi connectivity index (χ4n) is 3.09. The van der Waals surface area contributed by atoms with Crippen molar-refractivity contribution in [3.63, 3.8) is 0 Å². The zero-order chi connectivity index (χ0) is 24.6. The maximum Gasteiger partial charge on any atom is 0.490 e. The van der Waals surface area contributed by atoms with Crippen molar-refractivity contribution in [3.05, 3.63) is 41.2 Å². The monoisotopic (exact) mass is 485 g/mol. The van der Waals surface area contributed by atoms with Crippen molar-refractivity contribution < 1.29 is 36.3 Å². The third kappa shape index (κ3) is 5.58. The van der Waals surface area contributed by atoms with Gasteiger partial charge >= 0.3 is 12.1 Å². The quantitative estimate of drug-likeness (QED) is 0.444. The smallest absolute Gasteiger partial charge is 0.475 e.